The number of nitrogens with zero attached hydrogens (tertiary/aromatic N) is 1. The maximum atomic E-state index is 3.74. The van der Waals surface area contributed by atoms with Crippen LogP contribution in [-0.2, 0) is 0 Å². The standard InChI is InChI=1S/C13H28N2/c1-6-7-8-11-15(5)13(4)9-10-14-12(2)3/h6,12-14H,1,7-11H2,2-5H3. The zero-order valence-corrected chi connectivity index (χ0v) is 10.9. The van der Waals surface area contributed by atoms with E-state index in [-0.39, 0.29) is 0 Å². The van der Waals surface area contributed by atoms with Crippen LogP contribution in [0.25, 0.3) is 0 Å². The molecule has 2 nitrogen and oxygen atoms in total. The largest absolute Gasteiger partial charge is 0.314 e. The van der Waals surface area contributed by atoms with Gasteiger partial charge in [-0.1, -0.05) is 19.9 Å². The average molecular weight is 212 g/mol. The molecule has 0 fully saturated rings. The molecule has 1 unspecified atom stereocenters. The molecule has 2 heteroatoms. The van der Waals surface area contributed by atoms with Crippen molar-refractivity contribution in [2.75, 3.05) is 20.1 Å². The summed E-state index contributed by atoms with van der Waals surface area (Å²) in [5.74, 6) is 0. The van der Waals surface area contributed by atoms with Gasteiger partial charge in [-0.05, 0) is 46.3 Å². The molecule has 0 aromatic rings. The molecule has 0 aliphatic rings. The van der Waals surface area contributed by atoms with Gasteiger partial charge in [0.05, 0.1) is 0 Å². The van der Waals surface area contributed by atoms with Crippen LogP contribution < -0.4 is 5.32 Å². The molecule has 0 saturated carbocycles. The first-order chi connectivity index (χ1) is 7.07. The summed E-state index contributed by atoms with van der Waals surface area (Å²) in [7, 11) is 2.21. The number of hydrogen-bond donors (Lipinski definition) is 1. The number of allylic oxidation sites excluding steroid dienone is 1. The van der Waals surface area contributed by atoms with Crippen LogP contribution in [0.15, 0.2) is 12.7 Å². The van der Waals surface area contributed by atoms with Gasteiger partial charge in [0.25, 0.3) is 0 Å². The van der Waals surface area contributed by atoms with E-state index in [2.05, 4.69) is 44.6 Å². The fourth-order valence-corrected chi connectivity index (χ4v) is 1.51. The Balaban J connectivity index is 3.50. The topological polar surface area (TPSA) is 15.3 Å². The second-order valence-electron chi connectivity index (χ2n) is 4.66. The van der Waals surface area contributed by atoms with Gasteiger partial charge >= 0.3 is 0 Å². The minimum absolute atomic E-state index is 0.600. The molecule has 1 N–H and O–H groups in total. The summed E-state index contributed by atoms with van der Waals surface area (Å²) in [6.07, 6.45) is 5.57. The fraction of sp³-hybridized carbons (Fsp3) is 0.846. The van der Waals surface area contributed by atoms with Gasteiger partial charge in [-0.2, -0.15) is 0 Å². The van der Waals surface area contributed by atoms with Crippen LogP contribution >= 0.6 is 0 Å². The quantitative estimate of drug-likeness (QED) is 0.467. The third-order valence-electron chi connectivity index (χ3n) is 2.79. The fourth-order valence-electron chi connectivity index (χ4n) is 1.51. The van der Waals surface area contributed by atoms with Crippen molar-refractivity contribution in [1.29, 1.82) is 0 Å². The molecule has 0 aliphatic heterocycles. The van der Waals surface area contributed by atoms with E-state index in [1.807, 2.05) is 6.08 Å². The Morgan fingerprint density at radius 3 is 2.53 bits per heavy atom. The normalized spacial score (nSPS) is 13.5. The molecule has 0 rings (SSSR count). The van der Waals surface area contributed by atoms with Crippen molar-refractivity contribution in [3.8, 4) is 0 Å². The summed E-state index contributed by atoms with van der Waals surface area (Å²) in [6.45, 7) is 12.7. The van der Waals surface area contributed by atoms with Crippen LogP contribution in [0.3, 0.4) is 0 Å². The monoisotopic (exact) mass is 212 g/mol. The lowest BCUT2D eigenvalue weighted by atomic mass is 10.2. The van der Waals surface area contributed by atoms with Gasteiger partial charge in [-0.15, -0.1) is 6.58 Å². The van der Waals surface area contributed by atoms with Crippen LogP contribution in [0.5, 0.6) is 0 Å². The zero-order valence-electron chi connectivity index (χ0n) is 10.9. The van der Waals surface area contributed by atoms with E-state index in [1.54, 1.807) is 0 Å². The summed E-state index contributed by atoms with van der Waals surface area (Å²) < 4.78 is 0. The molecule has 0 aromatic heterocycles. The van der Waals surface area contributed by atoms with E-state index in [9.17, 15) is 0 Å². The van der Waals surface area contributed by atoms with Crippen LogP contribution in [-0.4, -0.2) is 37.1 Å². The molecular formula is C13H28N2. The Bertz CT molecular complexity index is 155. The molecule has 0 spiro atoms. The van der Waals surface area contributed by atoms with Gasteiger partial charge in [0.15, 0.2) is 0 Å². The van der Waals surface area contributed by atoms with E-state index < -0.39 is 0 Å². The molecule has 0 aliphatic carbocycles. The summed E-state index contributed by atoms with van der Waals surface area (Å²) in [6, 6.07) is 1.27. The third-order valence-corrected chi connectivity index (χ3v) is 2.79. The van der Waals surface area contributed by atoms with Crippen LogP contribution in [0.2, 0.25) is 0 Å². The van der Waals surface area contributed by atoms with E-state index in [1.165, 1.54) is 19.4 Å². The second-order valence-corrected chi connectivity index (χ2v) is 4.66. The van der Waals surface area contributed by atoms with Crippen LogP contribution in [0.1, 0.15) is 40.0 Å². The minimum Gasteiger partial charge on any atom is -0.314 e. The first kappa shape index (κ1) is 14.7. The summed E-state index contributed by atoms with van der Waals surface area (Å²) in [5, 5.41) is 3.46. The van der Waals surface area contributed by atoms with Gasteiger partial charge in [0.1, 0.15) is 0 Å². The zero-order chi connectivity index (χ0) is 11.7. The van der Waals surface area contributed by atoms with E-state index in [0.717, 1.165) is 13.0 Å². The molecule has 0 amide bonds. The number of hydrogen-bond acceptors (Lipinski definition) is 2. The highest BCUT2D eigenvalue weighted by atomic mass is 15.1. The summed E-state index contributed by atoms with van der Waals surface area (Å²) in [4.78, 5) is 2.44. The molecule has 1 atom stereocenters. The molecule has 0 bridgehead atoms. The average Bonchev–Trinajstić information content (AvgIpc) is 2.17. The Hall–Kier alpha value is -0.340. The lowest BCUT2D eigenvalue weighted by Crippen LogP contribution is -2.34. The predicted molar refractivity (Wildman–Crippen MR) is 69.3 cm³/mol. The van der Waals surface area contributed by atoms with Crippen molar-refractivity contribution in [3.05, 3.63) is 12.7 Å². The Morgan fingerprint density at radius 1 is 1.33 bits per heavy atom. The van der Waals surface area contributed by atoms with Gasteiger partial charge < -0.3 is 10.2 Å². The number of unbranched alkanes of at least 4 members (excludes halogenated alkanes) is 1. The summed E-state index contributed by atoms with van der Waals surface area (Å²) >= 11 is 0. The minimum atomic E-state index is 0.600. The lowest BCUT2D eigenvalue weighted by molar-refractivity contribution is 0.241. The van der Waals surface area contributed by atoms with Crippen molar-refractivity contribution in [2.24, 2.45) is 0 Å². The first-order valence-electron chi connectivity index (χ1n) is 6.12. The highest BCUT2D eigenvalue weighted by Crippen LogP contribution is 2.02. The molecule has 15 heavy (non-hydrogen) atoms. The van der Waals surface area contributed by atoms with E-state index in [0.29, 0.717) is 12.1 Å². The molecule has 0 saturated heterocycles. The number of rotatable bonds is 9. The van der Waals surface area contributed by atoms with Gasteiger partial charge in [-0.25, -0.2) is 0 Å². The molecule has 90 valence electrons. The van der Waals surface area contributed by atoms with Gasteiger partial charge in [-0.3, -0.25) is 0 Å². The first-order valence-corrected chi connectivity index (χ1v) is 6.12. The highest BCUT2D eigenvalue weighted by Gasteiger charge is 2.07. The third kappa shape index (κ3) is 8.64. The van der Waals surface area contributed by atoms with Crippen molar-refractivity contribution < 1.29 is 0 Å². The Kier molecular flexibility index (Phi) is 8.73. The highest BCUT2D eigenvalue weighted by molar-refractivity contribution is 4.70. The number of nitrogens with one attached hydrogen (secondary N) is 1. The van der Waals surface area contributed by atoms with Crippen LogP contribution in [0.4, 0.5) is 0 Å². The maximum Gasteiger partial charge on any atom is 0.00759 e. The van der Waals surface area contributed by atoms with Crippen molar-refractivity contribution >= 4 is 0 Å². The van der Waals surface area contributed by atoms with E-state index >= 15 is 0 Å². The van der Waals surface area contributed by atoms with E-state index in [4.69, 9.17) is 0 Å². The van der Waals surface area contributed by atoms with Crippen LogP contribution in [0, 0.1) is 0 Å². The smallest absolute Gasteiger partial charge is 0.00759 e. The van der Waals surface area contributed by atoms with Gasteiger partial charge in [0.2, 0.25) is 0 Å². The Labute approximate surface area is 95.7 Å². The molecule has 0 aromatic carbocycles. The molecule has 0 radical (unpaired) electrons. The van der Waals surface area contributed by atoms with Gasteiger partial charge in [0, 0.05) is 12.1 Å². The second kappa shape index (κ2) is 8.93. The van der Waals surface area contributed by atoms with Crippen molar-refractivity contribution in [2.45, 2.75) is 52.1 Å². The summed E-state index contributed by atoms with van der Waals surface area (Å²) in [5.41, 5.74) is 0. The SMILES string of the molecule is C=CCCCN(C)C(C)CCNC(C)C. The van der Waals surface area contributed by atoms with Crippen molar-refractivity contribution in [1.82, 2.24) is 10.2 Å². The lowest BCUT2D eigenvalue weighted by Gasteiger charge is -2.25. The maximum absolute atomic E-state index is 3.74. The molecule has 0 heterocycles. The van der Waals surface area contributed by atoms with Crippen molar-refractivity contribution in [3.63, 3.8) is 0 Å². The molecular weight excluding hydrogens is 184 g/mol. The Morgan fingerprint density at radius 2 is 2.00 bits per heavy atom. The predicted octanol–water partition coefficient (Wildman–Crippen LogP) is 2.66.